The predicted molar refractivity (Wildman–Crippen MR) is 181 cm³/mol. The lowest BCUT2D eigenvalue weighted by Gasteiger charge is -2.13. The number of imidazole rings is 1. The highest BCUT2D eigenvalue weighted by Crippen LogP contribution is 2.37. The summed E-state index contributed by atoms with van der Waals surface area (Å²) in [5.41, 5.74) is 11.3. The predicted octanol–water partition coefficient (Wildman–Crippen LogP) is 9.04. The van der Waals surface area contributed by atoms with Crippen molar-refractivity contribution < 1.29 is 0 Å². The lowest BCUT2D eigenvalue weighted by atomic mass is 9.99. The lowest BCUT2D eigenvalue weighted by molar-refractivity contribution is 1.25. The molecule has 0 aliphatic heterocycles. The second-order valence-electron chi connectivity index (χ2n) is 11.0. The van der Waals surface area contributed by atoms with E-state index in [1.165, 1.54) is 0 Å². The first-order valence-corrected chi connectivity index (χ1v) is 14.8. The minimum absolute atomic E-state index is 0.842. The number of fused-ring (bicyclic) bond motifs is 8. The number of benzene rings is 3. The maximum absolute atomic E-state index is 5.10. The summed E-state index contributed by atoms with van der Waals surface area (Å²) >= 11 is 0. The van der Waals surface area contributed by atoms with E-state index in [4.69, 9.17) is 15.0 Å². The topological polar surface area (TPSA) is 68.9 Å². The van der Waals surface area contributed by atoms with Gasteiger partial charge in [-0.25, -0.2) is 15.0 Å². The molecule has 0 amide bonds. The van der Waals surface area contributed by atoms with E-state index in [2.05, 4.69) is 81.1 Å². The first-order valence-electron chi connectivity index (χ1n) is 14.8. The number of hydrogen-bond donors (Lipinski definition) is 0. The molecule has 0 radical (unpaired) electrons. The fraction of sp³-hybridized carbons (Fsp3) is 0. The Labute approximate surface area is 258 Å². The summed E-state index contributed by atoms with van der Waals surface area (Å²) in [7, 11) is 0. The number of aromatic nitrogens is 6. The van der Waals surface area contributed by atoms with Gasteiger partial charge < -0.3 is 0 Å². The zero-order valence-electron chi connectivity index (χ0n) is 24.0. The van der Waals surface area contributed by atoms with Crippen molar-refractivity contribution in [2.24, 2.45) is 0 Å². The van der Waals surface area contributed by atoms with Gasteiger partial charge >= 0.3 is 0 Å². The van der Waals surface area contributed by atoms with Crippen LogP contribution >= 0.6 is 0 Å². The van der Waals surface area contributed by atoms with Gasteiger partial charge in [-0.1, -0.05) is 48.5 Å². The zero-order valence-corrected chi connectivity index (χ0v) is 24.0. The van der Waals surface area contributed by atoms with Crippen LogP contribution in [0.2, 0.25) is 0 Å². The summed E-state index contributed by atoms with van der Waals surface area (Å²) in [5.74, 6) is 0. The largest absolute Gasteiger partial charge is 0.292 e. The Morgan fingerprint density at radius 2 is 0.956 bits per heavy atom. The third-order valence-corrected chi connectivity index (χ3v) is 8.29. The van der Waals surface area contributed by atoms with Crippen molar-refractivity contribution in [2.45, 2.75) is 0 Å². The molecular weight excluding hydrogens is 552 g/mol. The van der Waals surface area contributed by atoms with E-state index in [1.54, 1.807) is 12.4 Å². The molecule has 6 aromatic heterocycles. The van der Waals surface area contributed by atoms with E-state index in [9.17, 15) is 0 Å². The van der Waals surface area contributed by atoms with Gasteiger partial charge in [0.05, 0.1) is 50.7 Å². The molecule has 0 spiro atoms. The second-order valence-corrected chi connectivity index (χ2v) is 11.0. The average molecular weight is 577 g/mol. The average Bonchev–Trinajstić information content (AvgIpc) is 3.52. The van der Waals surface area contributed by atoms with Crippen molar-refractivity contribution in [3.05, 3.63) is 146 Å². The van der Waals surface area contributed by atoms with Gasteiger partial charge in [-0.3, -0.25) is 14.4 Å². The van der Waals surface area contributed by atoms with Crippen LogP contribution in [0.5, 0.6) is 0 Å². The van der Waals surface area contributed by atoms with E-state index in [0.717, 1.165) is 83.6 Å². The van der Waals surface area contributed by atoms with E-state index in [0.29, 0.717) is 0 Å². The van der Waals surface area contributed by atoms with Gasteiger partial charge in [0, 0.05) is 34.3 Å². The molecule has 6 heterocycles. The molecule has 0 bridgehead atoms. The Hall–Kier alpha value is -6.27. The number of rotatable bonds is 4. The smallest absolute Gasteiger partial charge is 0.146 e. The molecule has 0 aliphatic carbocycles. The Morgan fingerprint density at radius 3 is 1.62 bits per heavy atom. The van der Waals surface area contributed by atoms with Gasteiger partial charge in [-0.2, -0.15) is 0 Å². The lowest BCUT2D eigenvalue weighted by Crippen LogP contribution is -1.94. The summed E-state index contributed by atoms with van der Waals surface area (Å²) < 4.78 is 2.27. The summed E-state index contributed by atoms with van der Waals surface area (Å²) in [6.07, 6.45) is 3.59. The Balaban J connectivity index is 1.29. The van der Waals surface area contributed by atoms with E-state index >= 15 is 0 Å². The van der Waals surface area contributed by atoms with Crippen molar-refractivity contribution in [1.82, 2.24) is 29.3 Å². The van der Waals surface area contributed by atoms with E-state index in [1.807, 2.05) is 66.7 Å². The highest BCUT2D eigenvalue weighted by molar-refractivity contribution is 6.15. The normalized spacial score (nSPS) is 11.6. The Kier molecular flexibility index (Phi) is 5.71. The van der Waals surface area contributed by atoms with Crippen molar-refractivity contribution in [3.63, 3.8) is 0 Å². The van der Waals surface area contributed by atoms with Crippen LogP contribution in [0.25, 0.3) is 83.6 Å². The zero-order chi connectivity index (χ0) is 29.7. The molecule has 0 N–H and O–H groups in total. The fourth-order valence-electron chi connectivity index (χ4n) is 6.18. The van der Waals surface area contributed by atoms with Crippen molar-refractivity contribution in [3.8, 4) is 45.3 Å². The van der Waals surface area contributed by atoms with Gasteiger partial charge in [0.1, 0.15) is 5.65 Å². The number of pyridine rings is 5. The maximum atomic E-state index is 5.10. The summed E-state index contributed by atoms with van der Waals surface area (Å²) in [5, 5.41) is 3.31. The molecule has 0 saturated carbocycles. The first kappa shape index (κ1) is 25.2. The SMILES string of the molecule is c1ccc(-c2cccc(-c3ccc4c(c3)c3cc(-c5cccc(-c6ccccn6)n5)ccc3n3c5ccccc5nc43)n2)nc1. The van der Waals surface area contributed by atoms with Crippen LogP contribution in [-0.4, -0.2) is 29.3 Å². The molecular formula is C39H24N6. The van der Waals surface area contributed by atoms with Crippen LogP contribution < -0.4 is 0 Å². The van der Waals surface area contributed by atoms with Crippen LogP contribution in [0.4, 0.5) is 0 Å². The quantitative estimate of drug-likeness (QED) is 0.196. The summed E-state index contributed by atoms with van der Waals surface area (Å²) in [6.45, 7) is 0. The number of para-hydroxylation sites is 2. The molecule has 0 aliphatic rings. The minimum Gasteiger partial charge on any atom is -0.292 e. The highest BCUT2D eigenvalue weighted by atomic mass is 15.0. The number of hydrogen-bond acceptors (Lipinski definition) is 5. The van der Waals surface area contributed by atoms with Gasteiger partial charge in [0.25, 0.3) is 0 Å². The van der Waals surface area contributed by atoms with Crippen LogP contribution in [0.1, 0.15) is 0 Å². The monoisotopic (exact) mass is 576 g/mol. The van der Waals surface area contributed by atoms with Crippen LogP contribution in [0, 0.1) is 0 Å². The third-order valence-electron chi connectivity index (χ3n) is 8.29. The van der Waals surface area contributed by atoms with Crippen molar-refractivity contribution >= 4 is 38.4 Å². The molecule has 0 atom stereocenters. The number of nitrogens with zero attached hydrogens (tertiary/aromatic N) is 6. The molecule has 210 valence electrons. The molecule has 6 heteroatoms. The Bertz CT molecular complexity index is 2540. The van der Waals surface area contributed by atoms with Gasteiger partial charge in [-0.15, -0.1) is 0 Å². The molecule has 0 unspecified atom stereocenters. The summed E-state index contributed by atoms with van der Waals surface area (Å²) in [6, 6.07) is 45.4. The van der Waals surface area contributed by atoms with Crippen LogP contribution in [-0.2, 0) is 0 Å². The molecule has 3 aromatic carbocycles. The van der Waals surface area contributed by atoms with Gasteiger partial charge in [0.2, 0.25) is 0 Å². The molecule has 0 saturated heterocycles. The maximum Gasteiger partial charge on any atom is 0.146 e. The van der Waals surface area contributed by atoms with Crippen LogP contribution in [0.15, 0.2) is 146 Å². The van der Waals surface area contributed by atoms with E-state index in [-0.39, 0.29) is 0 Å². The van der Waals surface area contributed by atoms with Crippen molar-refractivity contribution in [2.75, 3.05) is 0 Å². The van der Waals surface area contributed by atoms with E-state index < -0.39 is 0 Å². The van der Waals surface area contributed by atoms with Gasteiger partial charge in [0.15, 0.2) is 0 Å². The standard InChI is InChI=1S/C39H24N6/c1-2-16-38-36(11-1)44-39-27-19-17-25(30-12-7-14-34(42-30)32-9-3-5-21-40-32)23-28(27)29-24-26(18-20-37(29)45(38)39)31-13-8-15-35(43-31)33-10-4-6-22-41-33/h1-24H. The molecule has 45 heavy (non-hydrogen) atoms. The molecule has 0 fully saturated rings. The van der Waals surface area contributed by atoms with Crippen molar-refractivity contribution in [1.29, 1.82) is 0 Å². The summed E-state index contributed by atoms with van der Waals surface area (Å²) in [4.78, 5) is 24.1. The first-order chi connectivity index (χ1) is 22.3. The molecule has 9 rings (SSSR count). The minimum atomic E-state index is 0.842. The van der Waals surface area contributed by atoms with Crippen LogP contribution in [0.3, 0.4) is 0 Å². The highest BCUT2D eigenvalue weighted by Gasteiger charge is 2.16. The fourth-order valence-corrected chi connectivity index (χ4v) is 6.18. The molecule has 6 nitrogen and oxygen atoms in total. The van der Waals surface area contributed by atoms with Gasteiger partial charge in [-0.05, 0) is 90.3 Å². The molecule has 9 aromatic rings. The second kappa shape index (κ2) is 10.2. The Morgan fingerprint density at radius 1 is 0.378 bits per heavy atom. The third kappa shape index (κ3) is 4.23.